The van der Waals surface area contributed by atoms with E-state index in [0.29, 0.717) is 17.7 Å². The third-order valence-corrected chi connectivity index (χ3v) is 5.16. The van der Waals surface area contributed by atoms with Crippen LogP contribution < -0.4 is 10.5 Å². The molecule has 7 heteroatoms. The summed E-state index contributed by atoms with van der Waals surface area (Å²) < 4.78 is 7.01. The summed E-state index contributed by atoms with van der Waals surface area (Å²) in [6, 6.07) is 9.53. The number of aliphatic hydroxyl groups excluding tert-OH is 1. The minimum absolute atomic E-state index is 0.0291. The maximum Gasteiger partial charge on any atom is 0.260 e. The van der Waals surface area contributed by atoms with Gasteiger partial charge in [0.2, 0.25) is 0 Å². The average Bonchev–Trinajstić information content (AvgIpc) is 3.12. The number of furan rings is 1. The first-order valence-corrected chi connectivity index (χ1v) is 9.18. The summed E-state index contributed by atoms with van der Waals surface area (Å²) in [6.07, 6.45) is 0.954. The predicted octanol–water partition coefficient (Wildman–Crippen LogP) is 1.69. The first-order chi connectivity index (χ1) is 13.0. The zero-order chi connectivity index (χ0) is 19.0. The van der Waals surface area contributed by atoms with Gasteiger partial charge >= 0.3 is 0 Å². The molecule has 2 aromatic heterocycles. The first kappa shape index (κ1) is 17.8. The largest absolute Gasteiger partial charge is 0.464 e. The van der Waals surface area contributed by atoms with E-state index in [1.807, 2.05) is 37.3 Å². The molecule has 0 spiro atoms. The molecule has 27 heavy (non-hydrogen) atoms. The van der Waals surface area contributed by atoms with Gasteiger partial charge in [-0.1, -0.05) is 0 Å². The number of β-amino-alcohol motifs (C(OH)–C–C–N with tert-alkyl or cyclic N) is 1. The third-order valence-electron chi connectivity index (χ3n) is 5.16. The van der Waals surface area contributed by atoms with Gasteiger partial charge < -0.3 is 19.0 Å². The molecule has 1 fully saturated rings. The predicted molar refractivity (Wildman–Crippen MR) is 104 cm³/mol. The van der Waals surface area contributed by atoms with E-state index in [1.165, 1.54) is 4.57 Å². The Morgan fingerprint density at radius 3 is 2.67 bits per heavy atom. The second-order valence-electron chi connectivity index (χ2n) is 7.11. The number of benzene rings is 1. The molecule has 1 aliphatic heterocycles. The van der Waals surface area contributed by atoms with Gasteiger partial charge in [0, 0.05) is 45.5 Å². The normalized spacial score (nSPS) is 16.8. The summed E-state index contributed by atoms with van der Waals surface area (Å²) in [5, 5.41) is 11.0. The molecule has 1 atom stereocenters. The second-order valence-corrected chi connectivity index (χ2v) is 7.11. The highest BCUT2D eigenvalue weighted by atomic mass is 16.4. The van der Waals surface area contributed by atoms with Crippen molar-refractivity contribution in [2.24, 2.45) is 7.05 Å². The summed E-state index contributed by atoms with van der Waals surface area (Å²) in [4.78, 5) is 21.1. The molecule has 1 aliphatic rings. The van der Waals surface area contributed by atoms with Crippen LogP contribution in [0.4, 0.5) is 5.69 Å². The molecule has 142 valence electrons. The van der Waals surface area contributed by atoms with Crippen LogP contribution >= 0.6 is 0 Å². The lowest BCUT2D eigenvalue weighted by Gasteiger charge is -2.36. The SMILES string of the molecule is Cc1ccc(C(O)CN2CCN(c3ccc4c(=O)n(C)cnc4c3)CC2)o1. The smallest absolute Gasteiger partial charge is 0.260 e. The van der Waals surface area contributed by atoms with Crippen molar-refractivity contribution in [1.29, 1.82) is 0 Å². The minimum Gasteiger partial charge on any atom is -0.464 e. The van der Waals surface area contributed by atoms with Crippen molar-refractivity contribution in [3.05, 3.63) is 58.5 Å². The molecule has 0 aliphatic carbocycles. The maximum absolute atomic E-state index is 12.2. The van der Waals surface area contributed by atoms with Gasteiger partial charge in [-0.05, 0) is 37.3 Å². The van der Waals surface area contributed by atoms with Gasteiger partial charge in [0.25, 0.3) is 5.56 Å². The van der Waals surface area contributed by atoms with Crippen LogP contribution in [-0.2, 0) is 7.05 Å². The summed E-state index contributed by atoms with van der Waals surface area (Å²) in [6.45, 7) is 5.89. The molecule has 3 aromatic rings. The molecule has 7 nitrogen and oxygen atoms in total. The quantitative estimate of drug-likeness (QED) is 0.755. The van der Waals surface area contributed by atoms with Gasteiger partial charge in [-0.15, -0.1) is 0 Å². The minimum atomic E-state index is -0.605. The van der Waals surface area contributed by atoms with Crippen molar-refractivity contribution in [1.82, 2.24) is 14.5 Å². The lowest BCUT2D eigenvalue weighted by Crippen LogP contribution is -2.47. The summed E-state index contributed by atoms with van der Waals surface area (Å²) in [5.74, 6) is 1.44. The van der Waals surface area contributed by atoms with Crippen molar-refractivity contribution in [2.45, 2.75) is 13.0 Å². The van der Waals surface area contributed by atoms with Crippen LogP contribution in [0.15, 0.2) is 45.9 Å². The molecular formula is C20H24N4O3. The number of anilines is 1. The van der Waals surface area contributed by atoms with Gasteiger partial charge in [0.1, 0.15) is 17.6 Å². The molecule has 0 saturated carbocycles. The number of nitrogens with zero attached hydrogens (tertiary/aromatic N) is 4. The summed E-state index contributed by atoms with van der Waals surface area (Å²) in [7, 11) is 1.71. The summed E-state index contributed by atoms with van der Waals surface area (Å²) >= 11 is 0. The van der Waals surface area contributed by atoms with Crippen molar-refractivity contribution in [3.63, 3.8) is 0 Å². The van der Waals surface area contributed by atoms with E-state index in [-0.39, 0.29) is 5.56 Å². The van der Waals surface area contributed by atoms with Crippen LogP contribution in [0.25, 0.3) is 10.9 Å². The van der Waals surface area contributed by atoms with Crippen LogP contribution in [0.5, 0.6) is 0 Å². The Bertz CT molecular complexity index is 1000. The Morgan fingerprint density at radius 1 is 1.19 bits per heavy atom. The van der Waals surface area contributed by atoms with Crippen LogP contribution in [-0.4, -0.2) is 52.3 Å². The average molecular weight is 368 g/mol. The molecule has 0 amide bonds. The fraction of sp³-hybridized carbons (Fsp3) is 0.400. The Labute approximate surface area is 157 Å². The Hall–Kier alpha value is -2.64. The lowest BCUT2D eigenvalue weighted by molar-refractivity contribution is 0.0908. The highest BCUT2D eigenvalue weighted by Crippen LogP contribution is 2.22. The van der Waals surface area contributed by atoms with Crippen LogP contribution in [0.3, 0.4) is 0 Å². The number of fused-ring (bicyclic) bond motifs is 1. The van der Waals surface area contributed by atoms with Gasteiger partial charge in [-0.25, -0.2) is 4.98 Å². The Morgan fingerprint density at radius 2 is 1.96 bits per heavy atom. The van der Waals surface area contributed by atoms with E-state index in [9.17, 15) is 9.90 Å². The molecule has 1 N–H and O–H groups in total. The van der Waals surface area contributed by atoms with Gasteiger partial charge in [0.15, 0.2) is 0 Å². The molecule has 1 unspecified atom stereocenters. The fourth-order valence-electron chi connectivity index (χ4n) is 3.55. The lowest BCUT2D eigenvalue weighted by atomic mass is 10.2. The molecule has 0 radical (unpaired) electrons. The second kappa shape index (κ2) is 7.17. The number of hydrogen-bond acceptors (Lipinski definition) is 6. The van der Waals surface area contributed by atoms with E-state index in [1.54, 1.807) is 13.4 Å². The molecular weight excluding hydrogens is 344 g/mol. The van der Waals surface area contributed by atoms with Crippen LogP contribution in [0.1, 0.15) is 17.6 Å². The van der Waals surface area contributed by atoms with E-state index < -0.39 is 6.10 Å². The number of rotatable bonds is 4. The highest BCUT2D eigenvalue weighted by molar-refractivity contribution is 5.81. The van der Waals surface area contributed by atoms with E-state index in [0.717, 1.165) is 43.1 Å². The first-order valence-electron chi connectivity index (χ1n) is 9.18. The van der Waals surface area contributed by atoms with Crippen molar-refractivity contribution in [3.8, 4) is 0 Å². The number of aliphatic hydroxyl groups is 1. The topological polar surface area (TPSA) is 74.7 Å². The fourth-order valence-corrected chi connectivity index (χ4v) is 3.55. The molecule has 1 saturated heterocycles. The molecule has 4 rings (SSSR count). The molecule has 0 bridgehead atoms. The van der Waals surface area contributed by atoms with E-state index in [4.69, 9.17) is 4.42 Å². The standard InChI is InChI=1S/C20H24N4O3/c1-14-3-6-19(27-14)18(25)12-23-7-9-24(10-8-23)15-4-5-16-17(11-15)21-13-22(2)20(16)26/h3-6,11,13,18,25H,7-10,12H2,1-2H3. The van der Waals surface area contributed by atoms with Gasteiger partial charge in [-0.3, -0.25) is 9.69 Å². The van der Waals surface area contributed by atoms with E-state index in [2.05, 4.69) is 14.8 Å². The summed E-state index contributed by atoms with van der Waals surface area (Å²) in [5.41, 5.74) is 1.77. The monoisotopic (exact) mass is 368 g/mol. The molecule has 3 heterocycles. The van der Waals surface area contributed by atoms with Crippen molar-refractivity contribution < 1.29 is 9.52 Å². The number of aromatic nitrogens is 2. The van der Waals surface area contributed by atoms with E-state index >= 15 is 0 Å². The van der Waals surface area contributed by atoms with Crippen LogP contribution in [0.2, 0.25) is 0 Å². The van der Waals surface area contributed by atoms with Gasteiger partial charge in [0.05, 0.1) is 17.2 Å². The Balaban J connectivity index is 1.41. The Kier molecular flexibility index (Phi) is 4.72. The number of piperazine rings is 1. The zero-order valence-corrected chi connectivity index (χ0v) is 15.6. The number of aryl methyl sites for hydroxylation is 2. The molecule has 1 aromatic carbocycles. The number of hydrogen-bond donors (Lipinski definition) is 1. The highest BCUT2D eigenvalue weighted by Gasteiger charge is 2.22. The third kappa shape index (κ3) is 3.61. The van der Waals surface area contributed by atoms with Crippen LogP contribution in [0, 0.1) is 6.92 Å². The van der Waals surface area contributed by atoms with Crippen molar-refractivity contribution in [2.75, 3.05) is 37.6 Å². The zero-order valence-electron chi connectivity index (χ0n) is 15.6. The maximum atomic E-state index is 12.2. The van der Waals surface area contributed by atoms with Gasteiger partial charge in [-0.2, -0.15) is 0 Å². The van der Waals surface area contributed by atoms with Crippen molar-refractivity contribution >= 4 is 16.6 Å².